The lowest BCUT2D eigenvalue weighted by atomic mass is 10.1. The Kier molecular flexibility index (Phi) is 2.92. The van der Waals surface area contributed by atoms with Gasteiger partial charge in [-0.25, -0.2) is 0 Å². The van der Waals surface area contributed by atoms with Gasteiger partial charge in [-0.1, -0.05) is 5.16 Å². The standard InChI is InChI=1S/C11H14N2O3S/c1-15-9(6-2-3-6)10-12-11(16-13-10)7-4-17-5-8(7)14/h6-7,9H,2-5H2,1H3. The smallest absolute Gasteiger partial charge is 0.238 e. The Labute approximate surface area is 103 Å². The van der Waals surface area contributed by atoms with Crippen LogP contribution in [-0.2, 0) is 9.53 Å². The van der Waals surface area contributed by atoms with E-state index in [0.29, 0.717) is 23.4 Å². The molecule has 1 saturated carbocycles. The highest BCUT2D eigenvalue weighted by Crippen LogP contribution is 2.42. The van der Waals surface area contributed by atoms with Crippen LogP contribution >= 0.6 is 11.8 Å². The van der Waals surface area contributed by atoms with Crippen molar-refractivity contribution in [3.63, 3.8) is 0 Å². The number of aromatic nitrogens is 2. The van der Waals surface area contributed by atoms with E-state index in [9.17, 15) is 4.79 Å². The summed E-state index contributed by atoms with van der Waals surface area (Å²) in [5.74, 6) is 2.84. The minimum Gasteiger partial charge on any atom is -0.373 e. The number of ether oxygens (including phenoxy) is 1. The van der Waals surface area contributed by atoms with Gasteiger partial charge in [0.25, 0.3) is 0 Å². The second-order valence-electron chi connectivity index (χ2n) is 4.52. The van der Waals surface area contributed by atoms with Crippen molar-refractivity contribution in [2.75, 3.05) is 18.6 Å². The molecule has 17 heavy (non-hydrogen) atoms. The van der Waals surface area contributed by atoms with Crippen LogP contribution in [0.3, 0.4) is 0 Å². The molecule has 1 aliphatic carbocycles. The summed E-state index contributed by atoms with van der Waals surface area (Å²) in [5, 5.41) is 3.96. The maximum Gasteiger partial charge on any atom is 0.238 e. The fraction of sp³-hybridized carbons (Fsp3) is 0.727. The van der Waals surface area contributed by atoms with Crippen molar-refractivity contribution in [3.05, 3.63) is 11.7 Å². The van der Waals surface area contributed by atoms with E-state index in [-0.39, 0.29) is 17.8 Å². The van der Waals surface area contributed by atoms with Gasteiger partial charge in [0, 0.05) is 12.9 Å². The highest BCUT2D eigenvalue weighted by atomic mass is 32.2. The Balaban J connectivity index is 1.79. The molecule has 1 aliphatic heterocycles. The molecule has 92 valence electrons. The van der Waals surface area contributed by atoms with Gasteiger partial charge in [-0.3, -0.25) is 4.79 Å². The molecule has 5 nitrogen and oxygen atoms in total. The van der Waals surface area contributed by atoms with Crippen LogP contribution in [-0.4, -0.2) is 34.5 Å². The molecule has 0 radical (unpaired) electrons. The average Bonchev–Trinajstić information content (AvgIpc) is 2.87. The van der Waals surface area contributed by atoms with Crippen LogP contribution in [0.2, 0.25) is 0 Å². The average molecular weight is 254 g/mol. The Morgan fingerprint density at radius 2 is 2.35 bits per heavy atom. The zero-order valence-corrected chi connectivity index (χ0v) is 10.4. The van der Waals surface area contributed by atoms with Crippen LogP contribution in [0.5, 0.6) is 0 Å². The minimum absolute atomic E-state index is 0.0725. The van der Waals surface area contributed by atoms with Crippen LogP contribution in [0.25, 0.3) is 0 Å². The normalized spacial score (nSPS) is 26.4. The van der Waals surface area contributed by atoms with Gasteiger partial charge in [-0.15, -0.1) is 0 Å². The predicted octanol–water partition coefficient (Wildman–Crippen LogP) is 1.57. The second-order valence-corrected chi connectivity index (χ2v) is 5.55. The molecule has 2 heterocycles. The van der Waals surface area contributed by atoms with Gasteiger partial charge in [0.05, 0.1) is 5.75 Å². The highest BCUT2D eigenvalue weighted by molar-refractivity contribution is 8.00. The molecule has 0 spiro atoms. The van der Waals surface area contributed by atoms with E-state index in [2.05, 4.69) is 10.1 Å². The predicted molar refractivity (Wildman–Crippen MR) is 61.8 cm³/mol. The number of methoxy groups -OCH3 is 1. The molecule has 2 unspecified atom stereocenters. The fourth-order valence-electron chi connectivity index (χ4n) is 2.09. The van der Waals surface area contributed by atoms with Gasteiger partial charge in [0.15, 0.2) is 5.78 Å². The van der Waals surface area contributed by atoms with Crippen LogP contribution in [0.15, 0.2) is 4.52 Å². The molecule has 0 amide bonds. The molecular formula is C11H14N2O3S. The maximum absolute atomic E-state index is 11.6. The molecule has 3 rings (SSSR count). The van der Waals surface area contributed by atoms with Gasteiger partial charge in [-0.2, -0.15) is 16.7 Å². The second kappa shape index (κ2) is 4.42. The molecule has 0 aromatic carbocycles. The van der Waals surface area contributed by atoms with E-state index in [1.54, 1.807) is 18.9 Å². The van der Waals surface area contributed by atoms with Crippen molar-refractivity contribution in [3.8, 4) is 0 Å². The number of Topliss-reactive ketones (excluding diaryl/α,β-unsaturated/α-hetero) is 1. The van der Waals surface area contributed by atoms with Gasteiger partial charge in [0.2, 0.25) is 11.7 Å². The van der Waals surface area contributed by atoms with E-state index in [0.717, 1.165) is 18.6 Å². The van der Waals surface area contributed by atoms with Crippen LogP contribution in [0.1, 0.15) is 36.6 Å². The summed E-state index contributed by atoms with van der Waals surface area (Å²) >= 11 is 1.62. The summed E-state index contributed by atoms with van der Waals surface area (Å²) in [6.45, 7) is 0. The third kappa shape index (κ3) is 2.11. The number of hydrogen-bond acceptors (Lipinski definition) is 6. The van der Waals surface area contributed by atoms with Crippen LogP contribution in [0, 0.1) is 5.92 Å². The van der Waals surface area contributed by atoms with Crippen molar-refractivity contribution < 1.29 is 14.1 Å². The zero-order chi connectivity index (χ0) is 11.8. The monoisotopic (exact) mass is 254 g/mol. The number of rotatable bonds is 4. The first kappa shape index (κ1) is 11.2. The Bertz CT molecular complexity index is 430. The lowest BCUT2D eigenvalue weighted by molar-refractivity contribution is -0.117. The van der Waals surface area contributed by atoms with Crippen molar-refractivity contribution in [1.29, 1.82) is 0 Å². The highest BCUT2D eigenvalue weighted by Gasteiger charge is 2.37. The topological polar surface area (TPSA) is 65.2 Å². The third-order valence-corrected chi connectivity index (χ3v) is 4.29. The van der Waals surface area contributed by atoms with E-state index in [4.69, 9.17) is 9.26 Å². The van der Waals surface area contributed by atoms with E-state index >= 15 is 0 Å². The number of hydrogen-bond donors (Lipinski definition) is 0. The maximum atomic E-state index is 11.6. The molecule has 2 atom stereocenters. The van der Waals surface area contributed by atoms with Crippen molar-refractivity contribution in [2.24, 2.45) is 5.92 Å². The number of carbonyl (C=O) groups excluding carboxylic acids is 1. The van der Waals surface area contributed by atoms with E-state index in [1.807, 2.05) is 0 Å². The van der Waals surface area contributed by atoms with Crippen LogP contribution < -0.4 is 0 Å². The van der Waals surface area contributed by atoms with Crippen LogP contribution in [0.4, 0.5) is 0 Å². The largest absolute Gasteiger partial charge is 0.373 e. The number of carbonyl (C=O) groups is 1. The number of thioether (sulfide) groups is 1. The van der Waals surface area contributed by atoms with Gasteiger partial charge < -0.3 is 9.26 Å². The summed E-state index contributed by atoms with van der Waals surface area (Å²) in [6.07, 6.45) is 2.23. The SMILES string of the molecule is COC(c1noc(C2CSCC2=O)n1)C1CC1. The van der Waals surface area contributed by atoms with Gasteiger partial charge in [-0.05, 0) is 18.8 Å². The molecule has 1 aromatic rings. The summed E-state index contributed by atoms with van der Waals surface area (Å²) in [5.41, 5.74) is 0. The van der Waals surface area contributed by atoms with Gasteiger partial charge >= 0.3 is 0 Å². The fourth-order valence-corrected chi connectivity index (χ4v) is 3.18. The minimum atomic E-state index is -0.210. The molecular weight excluding hydrogens is 240 g/mol. The summed E-state index contributed by atoms with van der Waals surface area (Å²) < 4.78 is 10.6. The summed E-state index contributed by atoms with van der Waals surface area (Å²) in [6, 6.07) is 0. The number of ketones is 1. The van der Waals surface area contributed by atoms with E-state index < -0.39 is 0 Å². The Morgan fingerprint density at radius 3 is 2.94 bits per heavy atom. The molecule has 0 N–H and O–H groups in total. The van der Waals surface area contributed by atoms with Gasteiger partial charge in [0.1, 0.15) is 12.0 Å². The summed E-state index contributed by atoms with van der Waals surface area (Å²) in [4.78, 5) is 15.9. The van der Waals surface area contributed by atoms with Crippen molar-refractivity contribution in [2.45, 2.75) is 24.9 Å². The lowest BCUT2D eigenvalue weighted by Gasteiger charge is -2.08. The molecule has 2 aliphatic rings. The molecule has 6 heteroatoms. The third-order valence-electron chi connectivity index (χ3n) is 3.23. The van der Waals surface area contributed by atoms with Crippen molar-refractivity contribution >= 4 is 17.5 Å². The molecule has 1 aromatic heterocycles. The Hall–Kier alpha value is -0.880. The first-order chi connectivity index (χ1) is 8.29. The van der Waals surface area contributed by atoms with Crippen molar-refractivity contribution in [1.82, 2.24) is 10.1 Å². The first-order valence-electron chi connectivity index (χ1n) is 5.76. The Morgan fingerprint density at radius 1 is 1.53 bits per heavy atom. The number of nitrogens with zero attached hydrogens (tertiary/aromatic N) is 2. The first-order valence-corrected chi connectivity index (χ1v) is 6.92. The zero-order valence-electron chi connectivity index (χ0n) is 9.59. The molecule has 1 saturated heterocycles. The summed E-state index contributed by atoms with van der Waals surface area (Å²) in [7, 11) is 1.66. The molecule has 0 bridgehead atoms. The molecule has 2 fully saturated rings. The van der Waals surface area contributed by atoms with E-state index in [1.165, 1.54) is 0 Å². The quantitative estimate of drug-likeness (QED) is 0.812. The lowest BCUT2D eigenvalue weighted by Crippen LogP contribution is -2.10.